The molecule has 0 fully saturated rings. The van der Waals surface area contributed by atoms with E-state index < -0.39 is 21.8 Å². The van der Waals surface area contributed by atoms with Crippen LogP contribution in [0.15, 0.2) is 53.4 Å². The second-order valence-corrected chi connectivity index (χ2v) is 8.17. The van der Waals surface area contributed by atoms with Gasteiger partial charge in [-0.1, -0.05) is 29.8 Å². The van der Waals surface area contributed by atoms with Crippen LogP contribution in [0.25, 0.3) is 0 Å². The minimum Gasteiger partial charge on any atom is -0.450 e. The quantitative estimate of drug-likeness (QED) is 0.704. The van der Waals surface area contributed by atoms with Gasteiger partial charge >= 0.3 is 6.09 Å². The van der Waals surface area contributed by atoms with Crippen molar-refractivity contribution in [3.63, 3.8) is 0 Å². The topological polar surface area (TPSA) is 102 Å². The van der Waals surface area contributed by atoms with Gasteiger partial charge in [0.05, 0.1) is 11.5 Å². The van der Waals surface area contributed by atoms with Crippen LogP contribution >= 0.6 is 0 Å². The van der Waals surface area contributed by atoms with Crippen molar-refractivity contribution in [1.82, 2.24) is 10.6 Å². The summed E-state index contributed by atoms with van der Waals surface area (Å²) in [5, 5.41) is 5.05. The first kappa shape index (κ1) is 21.4. The van der Waals surface area contributed by atoms with E-state index in [9.17, 15) is 18.0 Å². The van der Waals surface area contributed by atoms with Crippen LogP contribution in [0.1, 0.15) is 28.4 Å². The Labute approximate surface area is 165 Å². The van der Waals surface area contributed by atoms with Crippen LogP contribution in [0.2, 0.25) is 0 Å². The summed E-state index contributed by atoms with van der Waals surface area (Å²) in [4.78, 5) is 23.5. The van der Waals surface area contributed by atoms with Crippen molar-refractivity contribution in [2.45, 2.75) is 25.2 Å². The molecular formula is C20H24N2O5S. The average Bonchev–Trinajstić information content (AvgIpc) is 2.67. The Morgan fingerprint density at radius 1 is 1.04 bits per heavy atom. The SMILES string of the molecule is CCOC(=O)NCS(=O)(=O)c1ccc(CCNC(=O)c2cccc(C)c2)cc1. The van der Waals surface area contributed by atoms with Crippen LogP contribution in [0.4, 0.5) is 4.79 Å². The first-order valence-electron chi connectivity index (χ1n) is 8.89. The molecule has 2 N–H and O–H groups in total. The third-order valence-corrected chi connectivity index (χ3v) is 5.46. The molecule has 28 heavy (non-hydrogen) atoms. The van der Waals surface area contributed by atoms with Gasteiger partial charge in [0.15, 0.2) is 9.84 Å². The average molecular weight is 404 g/mol. The molecule has 150 valence electrons. The van der Waals surface area contributed by atoms with Crippen molar-refractivity contribution >= 4 is 21.8 Å². The van der Waals surface area contributed by atoms with Gasteiger partial charge in [0, 0.05) is 12.1 Å². The number of hydrogen-bond donors (Lipinski definition) is 2. The molecule has 0 unspecified atom stereocenters. The van der Waals surface area contributed by atoms with E-state index in [2.05, 4.69) is 15.4 Å². The molecule has 0 spiro atoms. The number of nitrogens with one attached hydrogen (secondary N) is 2. The van der Waals surface area contributed by atoms with Crippen molar-refractivity contribution in [2.75, 3.05) is 19.0 Å². The van der Waals surface area contributed by atoms with E-state index in [-0.39, 0.29) is 17.4 Å². The Hall–Kier alpha value is -2.87. The summed E-state index contributed by atoms with van der Waals surface area (Å²) >= 11 is 0. The summed E-state index contributed by atoms with van der Waals surface area (Å²) in [5.74, 6) is -0.675. The number of amides is 2. The van der Waals surface area contributed by atoms with Crippen molar-refractivity contribution in [3.05, 3.63) is 65.2 Å². The van der Waals surface area contributed by atoms with Crippen LogP contribution in [-0.2, 0) is 21.0 Å². The molecule has 0 heterocycles. The maximum atomic E-state index is 12.2. The van der Waals surface area contributed by atoms with Gasteiger partial charge in [0.1, 0.15) is 5.88 Å². The second kappa shape index (κ2) is 9.89. The van der Waals surface area contributed by atoms with Gasteiger partial charge in [0.2, 0.25) is 0 Å². The van der Waals surface area contributed by atoms with Crippen molar-refractivity contribution < 1.29 is 22.7 Å². The molecule has 0 radical (unpaired) electrons. The fourth-order valence-corrected chi connectivity index (χ4v) is 3.52. The molecule has 0 saturated heterocycles. The van der Waals surface area contributed by atoms with Crippen molar-refractivity contribution in [1.29, 1.82) is 0 Å². The largest absolute Gasteiger partial charge is 0.450 e. The minimum absolute atomic E-state index is 0.108. The molecule has 2 rings (SSSR count). The smallest absolute Gasteiger partial charge is 0.407 e. The molecule has 7 nitrogen and oxygen atoms in total. The summed E-state index contributed by atoms with van der Waals surface area (Å²) in [5.41, 5.74) is 2.51. The van der Waals surface area contributed by atoms with E-state index in [1.165, 1.54) is 12.1 Å². The number of aryl methyl sites for hydroxylation is 1. The molecule has 2 aromatic carbocycles. The number of alkyl carbamates (subject to hydrolysis) is 1. The Kier molecular flexibility index (Phi) is 7.57. The molecule has 2 aromatic rings. The highest BCUT2D eigenvalue weighted by atomic mass is 32.2. The molecule has 0 aliphatic carbocycles. The first-order valence-corrected chi connectivity index (χ1v) is 10.5. The van der Waals surface area contributed by atoms with Crippen molar-refractivity contribution in [2.24, 2.45) is 0 Å². The van der Waals surface area contributed by atoms with Gasteiger partial charge in [-0.3, -0.25) is 4.79 Å². The zero-order valence-electron chi connectivity index (χ0n) is 15.9. The highest BCUT2D eigenvalue weighted by Gasteiger charge is 2.16. The predicted octanol–water partition coefficient (Wildman–Crippen LogP) is 2.44. The third-order valence-electron chi connectivity index (χ3n) is 3.94. The molecule has 0 atom stereocenters. The van der Waals surface area contributed by atoms with Crippen LogP contribution in [0.3, 0.4) is 0 Å². The van der Waals surface area contributed by atoms with Crippen LogP contribution < -0.4 is 10.6 Å². The Bertz CT molecular complexity index is 924. The summed E-state index contributed by atoms with van der Waals surface area (Å²) in [7, 11) is -3.65. The molecule has 0 aromatic heterocycles. The van der Waals surface area contributed by atoms with E-state index in [1.54, 1.807) is 25.1 Å². The zero-order valence-corrected chi connectivity index (χ0v) is 16.7. The molecule has 0 saturated carbocycles. The first-order chi connectivity index (χ1) is 13.3. The maximum absolute atomic E-state index is 12.2. The Morgan fingerprint density at radius 3 is 2.39 bits per heavy atom. The van der Waals surface area contributed by atoms with E-state index in [4.69, 9.17) is 0 Å². The van der Waals surface area contributed by atoms with Gasteiger partial charge in [-0.25, -0.2) is 13.2 Å². The second-order valence-electron chi connectivity index (χ2n) is 6.18. The Balaban J connectivity index is 1.86. The lowest BCUT2D eigenvalue weighted by Gasteiger charge is -2.09. The number of rotatable bonds is 8. The summed E-state index contributed by atoms with van der Waals surface area (Å²) in [6, 6.07) is 13.7. The number of ether oxygens (including phenoxy) is 1. The molecule has 2 amide bonds. The number of benzene rings is 2. The lowest BCUT2D eigenvalue weighted by molar-refractivity contribution is 0.0954. The molecule has 0 aliphatic heterocycles. The van der Waals surface area contributed by atoms with E-state index in [1.807, 2.05) is 25.1 Å². The lowest BCUT2D eigenvalue weighted by atomic mass is 10.1. The molecule has 8 heteroatoms. The zero-order chi connectivity index (χ0) is 20.6. The normalized spacial score (nSPS) is 10.9. The molecular weight excluding hydrogens is 380 g/mol. The van der Waals surface area contributed by atoms with E-state index in [0.717, 1.165) is 11.1 Å². The van der Waals surface area contributed by atoms with Crippen LogP contribution in [-0.4, -0.2) is 39.4 Å². The monoisotopic (exact) mass is 404 g/mol. The molecule has 0 bridgehead atoms. The lowest BCUT2D eigenvalue weighted by Crippen LogP contribution is -2.30. The van der Waals surface area contributed by atoms with Gasteiger partial charge in [-0.05, 0) is 50.1 Å². The van der Waals surface area contributed by atoms with Crippen LogP contribution in [0, 0.1) is 6.92 Å². The van der Waals surface area contributed by atoms with Gasteiger partial charge in [0.25, 0.3) is 5.91 Å². The van der Waals surface area contributed by atoms with Gasteiger partial charge < -0.3 is 15.4 Å². The fourth-order valence-electron chi connectivity index (χ4n) is 2.49. The molecule has 0 aliphatic rings. The predicted molar refractivity (Wildman–Crippen MR) is 106 cm³/mol. The number of sulfone groups is 1. The number of carbonyl (C=O) groups is 2. The fraction of sp³-hybridized carbons (Fsp3) is 0.300. The van der Waals surface area contributed by atoms with Crippen molar-refractivity contribution in [3.8, 4) is 0 Å². The minimum atomic E-state index is -3.65. The highest BCUT2D eigenvalue weighted by Crippen LogP contribution is 2.12. The van der Waals surface area contributed by atoms with E-state index in [0.29, 0.717) is 18.5 Å². The summed E-state index contributed by atoms with van der Waals surface area (Å²) < 4.78 is 29.1. The standard InChI is InChI=1S/C20H24N2O5S/c1-3-27-20(24)22-14-28(25,26)18-9-7-16(8-10-18)11-12-21-19(23)17-6-4-5-15(2)13-17/h4-10,13H,3,11-12,14H2,1-2H3,(H,21,23)(H,22,24). The summed E-state index contributed by atoms with van der Waals surface area (Å²) in [6.07, 6.45) is -0.203. The number of carbonyl (C=O) groups excluding carboxylic acids is 2. The maximum Gasteiger partial charge on any atom is 0.407 e. The Morgan fingerprint density at radius 2 is 1.75 bits per heavy atom. The third kappa shape index (κ3) is 6.38. The highest BCUT2D eigenvalue weighted by molar-refractivity contribution is 7.91. The van der Waals surface area contributed by atoms with Gasteiger partial charge in [-0.15, -0.1) is 0 Å². The summed E-state index contributed by atoms with van der Waals surface area (Å²) in [6.45, 7) is 4.16. The number of hydrogen-bond acceptors (Lipinski definition) is 5. The van der Waals surface area contributed by atoms with Crippen LogP contribution in [0.5, 0.6) is 0 Å². The van der Waals surface area contributed by atoms with Gasteiger partial charge in [-0.2, -0.15) is 0 Å². The van der Waals surface area contributed by atoms with E-state index >= 15 is 0 Å².